The van der Waals surface area contributed by atoms with E-state index in [0.717, 1.165) is 0 Å². The van der Waals surface area contributed by atoms with Gasteiger partial charge in [0.2, 0.25) is 0 Å². The van der Waals surface area contributed by atoms with E-state index in [2.05, 4.69) is 0 Å². The molecule has 0 fully saturated rings. The second-order valence-corrected chi connectivity index (χ2v) is 3.88. The minimum Gasteiger partial charge on any atom is -0.425 e. The number of ether oxygens (including phenoxy) is 4. The average Bonchev–Trinajstić information content (AvgIpc) is 2.47. The summed E-state index contributed by atoms with van der Waals surface area (Å²) >= 11 is 0. The number of hydrogen-bond donors (Lipinski definition) is 0. The maximum Gasteiger partial charge on any atom is 0.337 e. The van der Waals surface area contributed by atoms with Crippen LogP contribution in [-0.2, 0) is 19.0 Å². The van der Waals surface area contributed by atoms with Gasteiger partial charge in [0, 0.05) is 19.2 Å². The van der Waals surface area contributed by atoms with Gasteiger partial charge in [0.15, 0.2) is 0 Å². The van der Waals surface area contributed by atoms with Crippen LogP contribution >= 0.6 is 0 Å². The maximum absolute atomic E-state index is 11.4. The average molecular weight is 299 g/mol. The van der Waals surface area contributed by atoms with Crippen LogP contribution in [0.3, 0.4) is 0 Å². The topological polar surface area (TPSA) is 97.1 Å². The summed E-state index contributed by atoms with van der Waals surface area (Å²) in [5.41, 5.74) is -0.0701. The van der Waals surface area contributed by atoms with E-state index in [1.807, 2.05) is 0 Å². The fraction of sp³-hybridized carbons (Fsp3) is 0.462. The zero-order valence-corrected chi connectivity index (χ0v) is 11.6. The van der Waals surface area contributed by atoms with Gasteiger partial charge in [0.1, 0.15) is 12.4 Å². The van der Waals surface area contributed by atoms with Crippen molar-refractivity contribution >= 4 is 11.7 Å². The van der Waals surface area contributed by atoms with Crippen LogP contribution in [0.15, 0.2) is 24.3 Å². The molecular weight excluding hydrogens is 282 g/mol. The normalized spacial score (nSPS) is 10.3. The molecule has 0 heterocycles. The molecule has 0 aliphatic carbocycles. The van der Waals surface area contributed by atoms with E-state index < -0.39 is 10.9 Å². The lowest BCUT2D eigenvalue weighted by Gasteiger charge is -2.06. The predicted octanol–water partition coefficient (Wildman–Crippen LogP) is 1.18. The van der Waals surface area contributed by atoms with Crippen LogP contribution in [0.4, 0.5) is 5.69 Å². The minimum absolute atomic E-state index is 0.0701. The molecule has 0 aliphatic heterocycles. The fourth-order valence-corrected chi connectivity index (χ4v) is 1.31. The molecule has 1 rings (SSSR count). The molecule has 0 saturated heterocycles. The zero-order valence-electron chi connectivity index (χ0n) is 11.6. The molecule has 1 aromatic rings. The van der Waals surface area contributed by atoms with Gasteiger partial charge >= 0.3 is 5.97 Å². The van der Waals surface area contributed by atoms with E-state index in [1.165, 1.54) is 24.3 Å². The summed E-state index contributed by atoms with van der Waals surface area (Å²) in [6, 6.07) is 5.22. The van der Waals surface area contributed by atoms with Crippen LogP contribution in [0.2, 0.25) is 0 Å². The van der Waals surface area contributed by atoms with Crippen molar-refractivity contribution < 1.29 is 28.7 Å². The molecule has 8 heteroatoms. The number of nitro groups is 1. The first-order valence-corrected chi connectivity index (χ1v) is 6.23. The third-order valence-corrected chi connectivity index (χ3v) is 2.30. The summed E-state index contributed by atoms with van der Waals surface area (Å²) in [7, 11) is 1.58. The van der Waals surface area contributed by atoms with E-state index in [1.54, 1.807) is 7.11 Å². The summed E-state index contributed by atoms with van der Waals surface area (Å²) in [6.07, 6.45) is 0. The first kappa shape index (κ1) is 17.0. The Balaban J connectivity index is 2.17. The fourth-order valence-electron chi connectivity index (χ4n) is 1.31. The summed E-state index contributed by atoms with van der Waals surface area (Å²) in [5, 5.41) is 10.5. The molecule has 0 radical (unpaired) electrons. The molecule has 1 aromatic carbocycles. The Bertz CT molecular complexity index is 446. The lowest BCUT2D eigenvalue weighted by Crippen LogP contribution is -2.18. The van der Waals surface area contributed by atoms with E-state index >= 15 is 0 Å². The Morgan fingerprint density at radius 3 is 2.33 bits per heavy atom. The molecule has 0 atom stereocenters. The third-order valence-electron chi connectivity index (χ3n) is 2.30. The minimum atomic E-state index is -0.583. The monoisotopic (exact) mass is 299 g/mol. The van der Waals surface area contributed by atoms with Crippen LogP contribution in [0, 0.1) is 10.1 Å². The van der Waals surface area contributed by atoms with Crippen molar-refractivity contribution in [3.05, 3.63) is 34.4 Å². The molecule has 21 heavy (non-hydrogen) atoms. The molecule has 0 spiro atoms. The first-order chi connectivity index (χ1) is 10.1. The molecule has 0 unspecified atom stereocenters. The van der Waals surface area contributed by atoms with Gasteiger partial charge in [0.25, 0.3) is 5.69 Å². The van der Waals surface area contributed by atoms with Crippen LogP contribution in [0.1, 0.15) is 0 Å². The number of benzene rings is 1. The number of methoxy groups -OCH3 is 1. The van der Waals surface area contributed by atoms with E-state index in [0.29, 0.717) is 19.8 Å². The molecule has 116 valence electrons. The van der Waals surface area contributed by atoms with Crippen molar-refractivity contribution in [2.45, 2.75) is 0 Å². The number of nitro benzene ring substituents is 1. The zero-order chi connectivity index (χ0) is 15.5. The Hall–Kier alpha value is -2.03. The van der Waals surface area contributed by atoms with Gasteiger partial charge in [-0.1, -0.05) is 0 Å². The van der Waals surface area contributed by atoms with Gasteiger partial charge in [-0.2, -0.15) is 0 Å². The van der Waals surface area contributed by atoms with Crippen LogP contribution in [-0.4, -0.2) is 51.0 Å². The number of carbonyl (C=O) groups is 1. The van der Waals surface area contributed by atoms with E-state index in [-0.39, 0.29) is 24.7 Å². The largest absolute Gasteiger partial charge is 0.425 e. The number of carbonyl (C=O) groups excluding carboxylic acids is 1. The molecule has 0 aliphatic rings. The molecular formula is C13H17NO7. The van der Waals surface area contributed by atoms with Crippen molar-refractivity contribution in [2.75, 3.05) is 40.1 Å². The summed E-state index contributed by atoms with van der Waals surface area (Å²) < 4.78 is 19.9. The lowest BCUT2D eigenvalue weighted by molar-refractivity contribution is -0.384. The van der Waals surface area contributed by atoms with Gasteiger partial charge < -0.3 is 18.9 Å². The Morgan fingerprint density at radius 1 is 1.10 bits per heavy atom. The smallest absolute Gasteiger partial charge is 0.337 e. The predicted molar refractivity (Wildman–Crippen MR) is 72.2 cm³/mol. The summed E-state index contributed by atoms with van der Waals surface area (Å²) in [5.74, 6) is -0.355. The maximum atomic E-state index is 11.4. The molecule has 8 nitrogen and oxygen atoms in total. The third kappa shape index (κ3) is 7.35. The van der Waals surface area contributed by atoms with Gasteiger partial charge in [-0.25, -0.2) is 4.79 Å². The molecule has 0 saturated carbocycles. The highest BCUT2D eigenvalue weighted by Gasteiger charge is 2.08. The molecule has 0 aromatic heterocycles. The second kappa shape index (κ2) is 9.81. The van der Waals surface area contributed by atoms with Crippen LogP contribution in [0.5, 0.6) is 5.75 Å². The first-order valence-electron chi connectivity index (χ1n) is 6.23. The summed E-state index contributed by atoms with van der Waals surface area (Å²) in [6.45, 7) is 1.37. The SMILES string of the molecule is COCCOCCOCC(=O)Oc1ccc([N+](=O)[O-])cc1. The van der Waals surface area contributed by atoms with Gasteiger partial charge in [-0.05, 0) is 12.1 Å². The number of nitrogens with zero attached hydrogens (tertiary/aromatic N) is 1. The number of non-ortho nitro benzene ring substituents is 1. The van der Waals surface area contributed by atoms with Crippen molar-refractivity contribution in [1.82, 2.24) is 0 Å². The van der Waals surface area contributed by atoms with Crippen molar-refractivity contribution in [1.29, 1.82) is 0 Å². The van der Waals surface area contributed by atoms with E-state index in [9.17, 15) is 14.9 Å². The second-order valence-electron chi connectivity index (χ2n) is 3.88. The quantitative estimate of drug-likeness (QED) is 0.210. The van der Waals surface area contributed by atoms with Crippen LogP contribution in [0.25, 0.3) is 0 Å². The number of hydrogen-bond acceptors (Lipinski definition) is 7. The lowest BCUT2D eigenvalue weighted by atomic mass is 10.3. The Labute approximate surface area is 121 Å². The molecule has 0 amide bonds. The number of esters is 1. The van der Waals surface area contributed by atoms with Gasteiger partial charge in [-0.3, -0.25) is 10.1 Å². The van der Waals surface area contributed by atoms with Crippen molar-refractivity contribution in [2.24, 2.45) is 0 Å². The summed E-state index contributed by atoms with van der Waals surface area (Å²) in [4.78, 5) is 21.4. The van der Waals surface area contributed by atoms with Crippen molar-refractivity contribution in [3.8, 4) is 5.75 Å². The highest BCUT2D eigenvalue weighted by molar-refractivity contribution is 5.73. The van der Waals surface area contributed by atoms with Gasteiger partial charge in [-0.15, -0.1) is 0 Å². The van der Waals surface area contributed by atoms with Crippen LogP contribution < -0.4 is 4.74 Å². The highest BCUT2D eigenvalue weighted by atomic mass is 16.6. The van der Waals surface area contributed by atoms with E-state index in [4.69, 9.17) is 18.9 Å². The molecule has 0 bridgehead atoms. The van der Waals surface area contributed by atoms with Crippen molar-refractivity contribution in [3.63, 3.8) is 0 Å². The Kier molecular flexibility index (Phi) is 7.95. The molecule has 0 N–H and O–H groups in total. The standard InChI is InChI=1S/C13H17NO7/c1-18-6-7-19-8-9-20-10-13(15)21-12-4-2-11(3-5-12)14(16)17/h2-5H,6-10H2,1H3. The highest BCUT2D eigenvalue weighted by Crippen LogP contribution is 2.17. The number of rotatable bonds is 10. The Morgan fingerprint density at radius 2 is 1.71 bits per heavy atom. The van der Waals surface area contributed by atoms with Gasteiger partial charge in [0.05, 0.1) is 31.4 Å².